The van der Waals surface area contributed by atoms with Crippen LogP contribution in [0.1, 0.15) is 36.0 Å². The normalized spacial score (nSPS) is 15.3. The molecular weight excluding hydrogens is 475 g/mol. The van der Waals surface area contributed by atoms with Crippen LogP contribution in [0.15, 0.2) is 51.8 Å². The summed E-state index contributed by atoms with van der Waals surface area (Å²) in [6, 6.07) is 10.5. The molecule has 1 aromatic heterocycles. The molecule has 2 aromatic carbocycles. The zero-order valence-electron chi connectivity index (χ0n) is 16.9. The molecule has 0 unspecified atom stereocenters. The second kappa shape index (κ2) is 9.58. The quantitative estimate of drug-likeness (QED) is 0.542. The number of nitrogens with one attached hydrogen (secondary N) is 1. The Kier molecular flexibility index (Phi) is 6.80. The highest BCUT2D eigenvalue weighted by atomic mass is 35.5. The van der Waals surface area contributed by atoms with Gasteiger partial charge in [-0.15, -0.1) is 5.10 Å². The molecule has 0 aliphatic carbocycles. The van der Waals surface area contributed by atoms with Gasteiger partial charge < -0.3 is 4.42 Å². The zero-order chi connectivity index (χ0) is 22.7. The summed E-state index contributed by atoms with van der Waals surface area (Å²) in [5, 5.41) is 11.0. The van der Waals surface area contributed by atoms with Crippen LogP contribution in [0, 0.1) is 0 Å². The molecule has 1 aliphatic rings. The zero-order valence-corrected chi connectivity index (χ0v) is 19.3. The number of hydrogen-bond donors (Lipinski definition) is 1. The summed E-state index contributed by atoms with van der Waals surface area (Å²) in [6.07, 6.45) is 3.78. The molecule has 8 nitrogen and oxygen atoms in total. The third-order valence-corrected chi connectivity index (χ3v) is 7.59. The Morgan fingerprint density at radius 3 is 2.31 bits per heavy atom. The lowest BCUT2D eigenvalue weighted by Gasteiger charge is -2.19. The smallest absolute Gasteiger partial charge is 0.322 e. The van der Waals surface area contributed by atoms with Crippen molar-refractivity contribution in [2.75, 3.05) is 18.4 Å². The lowest BCUT2D eigenvalue weighted by Crippen LogP contribution is -2.31. The average molecular weight is 495 g/mol. The van der Waals surface area contributed by atoms with Crippen molar-refractivity contribution in [1.29, 1.82) is 0 Å². The topological polar surface area (TPSA) is 105 Å². The number of nitrogens with zero attached hydrogens (tertiary/aromatic N) is 3. The number of carbonyl (C=O) groups is 1. The Bertz CT molecular complexity index is 1220. The van der Waals surface area contributed by atoms with Gasteiger partial charge >= 0.3 is 6.01 Å². The molecule has 0 bridgehead atoms. The maximum absolute atomic E-state index is 12.9. The summed E-state index contributed by atoms with van der Waals surface area (Å²) >= 11 is 12.0. The second-order valence-corrected chi connectivity index (χ2v) is 10.1. The van der Waals surface area contributed by atoms with Crippen molar-refractivity contribution in [3.05, 3.63) is 58.1 Å². The molecule has 1 amide bonds. The van der Waals surface area contributed by atoms with Crippen molar-refractivity contribution in [3.8, 4) is 11.5 Å². The van der Waals surface area contributed by atoms with E-state index in [9.17, 15) is 13.2 Å². The van der Waals surface area contributed by atoms with Crippen molar-refractivity contribution in [1.82, 2.24) is 14.5 Å². The van der Waals surface area contributed by atoms with Gasteiger partial charge in [-0.2, -0.15) is 4.31 Å². The first-order valence-electron chi connectivity index (χ1n) is 10.0. The number of benzene rings is 2. The monoisotopic (exact) mass is 494 g/mol. The first kappa shape index (κ1) is 22.7. The predicted octanol–water partition coefficient (Wildman–Crippen LogP) is 4.86. The van der Waals surface area contributed by atoms with E-state index in [0.717, 1.165) is 25.7 Å². The summed E-state index contributed by atoms with van der Waals surface area (Å²) in [7, 11) is -3.58. The predicted molar refractivity (Wildman–Crippen MR) is 121 cm³/mol. The van der Waals surface area contributed by atoms with Crippen molar-refractivity contribution >= 4 is 45.1 Å². The Hall–Kier alpha value is -2.46. The van der Waals surface area contributed by atoms with Gasteiger partial charge in [0.15, 0.2) is 0 Å². The Labute approximate surface area is 195 Å². The minimum atomic E-state index is -3.58. The Balaban J connectivity index is 1.46. The molecule has 1 saturated heterocycles. The number of anilines is 1. The van der Waals surface area contributed by atoms with E-state index in [-0.39, 0.29) is 22.4 Å². The van der Waals surface area contributed by atoms with Crippen LogP contribution < -0.4 is 5.32 Å². The van der Waals surface area contributed by atoms with Crippen LogP contribution in [0.5, 0.6) is 0 Å². The molecule has 0 atom stereocenters. The molecule has 0 saturated carbocycles. The van der Waals surface area contributed by atoms with E-state index in [2.05, 4.69) is 15.5 Å². The van der Waals surface area contributed by atoms with E-state index in [1.165, 1.54) is 28.6 Å². The first-order chi connectivity index (χ1) is 15.3. The van der Waals surface area contributed by atoms with Crippen molar-refractivity contribution < 1.29 is 17.6 Å². The summed E-state index contributed by atoms with van der Waals surface area (Å²) in [6.45, 7) is 1.03. The molecule has 11 heteroatoms. The van der Waals surface area contributed by atoms with Crippen LogP contribution >= 0.6 is 23.2 Å². The van der Waals surface area contributed by atoms with Crippen LogP contribution in [0.25, 0.3) is 11.5 Å². The standard InChI is InChI=1S/C21H20Cl2N4O4S/c22-15-7-10-17(18(23)13-15)20-25-26-21(31-20)24-19(28)14-5-8-16(9-6-14)32(29,30)27-11-3-1-2-4-12-27/h5-10,13H,1-4,11-12H2,(H,24,26,28). The number of hydrogen-bond acceptors (Lipinski definition) is 6. The van der Waals surface area contributed by atoms with E-state index in [4.69, 9.17) is 27.6 Å². The Morgan fingerprint density at radius 2 is 1.66 bits per heavy atom. The van der Waals surface area contributed by atoms with E-state index in [0.29, 0.717) is 28.7 Å². The minimum absolute atomic E-state index is 0.114. The molecule has 2 heterocycles. The van der Waals surface area contributed by atoms with Gasteiger partial charge in [0, 0.05) is 23.7 Å². The van der Waals surface area contributed by atoms with Crippen LogP contribution in [0.2, 0.25) is 10.0 Å². The minimum Gasteiger partial charge on any atom is -0.403 e. The molecule has 1 aliphatic heterocycles. The molecule has 168 valence electrons. The van der Waals surface area contributed by atoms with E-state index in [1.54, 1.807) is 18.2 Å². The number of sulfonamides is 1. The molecule has 1 fully saturated rings. The lowest BCUT2D eigenvalue weighted by atomic mass is 10.2. The molecular formula is C21H20Cl2N4O4S. The maximum atomic E-state index is 12.9. The summed E-state index contributed by atoms with van der Waals surface area (Å²) in [5.74, 6) is -0.387. The second-order valence-electron chi connectivity index (χ2n) is 7.33. The highest BCUT2D eigenvalue weighted by Gasteiger charge is 2.25. The number of rotatable bonds is 5. The van der Waals surface area contributed by atoms with Gasteiger partial charge in [-0.3, -0.25) is 10.1 Å². The van der Waals surface area contributed by atoms with Gasteiger partial charge in [0.25, 0.3) is 11.8 Å². The van der Waals surface area contributed by atoms with Gasteiger partial charge in [-0.05, 0) is 55.3 Å². The molecule has 0 spiro atoms. The highest BCUT2D eigenvalue weighted by Crippen LogP contribution is 2.30. The summed E-state index contributed by atoms with van der Waals surface area (Å²) in [5.41, 5.74) is 0.733. The number of halogens is 2. The SMILES string of the molecule is O=C(Nc1nnc(-c2ccc(Cl)cc2Cl)o1)c1ccc(S(=O)(=O)N2CCCCCC2)cc1. The fourth-order valence-corrected chi connectivity index (χ4v) is 5.43. The summed E-state index contributed by atoms with van der Waals surface area (Å²) in [4.78, 5) is 12.7. The third kappa shape index (κ3) is 4.96. The van der Waals surface area contributed by atoms with E-state index >= 15 is 0 Å². The number of amides is 1. The molecule has 32 heavy (non-hydrogen) atoms. The first-order valence-corrected chi connectivity index (χ1v) is 12.2. The summed E-state index contributed by atoms with van der Waals surface area (Å²) < 4.78 is 32.7. The average Bonchev–Trinajstić information content (AvgIpc) is 3.04. The fourth-order valence-electron chi connectivity index (χ4n) is 3.42. The van der Waals surface area contributed by atoms with Gasteiger partial charge in [-0.1, -0.05) is 41.1 Å². The maximum Gasteiger partial charge on any atom is 0.322 e. The highest BCUT2D eigenvalue weighted by molar-refractivity contribution is 7.89. The van der Waals surface area contributed by atoms with Gasteiger partial charge in [0.1, 0.15) is 0 Å². The van der Waals surface area contributed by atoms with Crippen LogP contribution in [-0.4, -0.2) is 41.9 Å². The molecule has 0 radical (unpaired) electrons. The molecule has 4 rings (SSSR count). The molecule has 3 aromatic rings. The van der Waals surface area contributed by atoms with Crippen molar-refractivity contribution in [3.63, 3.8) is 0 Å². The van der Waals surface area contributed by atoms with E-state index in [1.807, 2.05) is 0 Å². The lowest BCUT2D eigenvalue weighted by molar-refractivity contribution is 0.102. The molecule has 1 N–H and O–H groups in total. The third-order valence-electron chi connectivity index (χ3n) is 5.13. The number of aromatic nitrogens is 2. The Morgan fingerprint density at radius 1 is 0.969 bits per heavy atom. The van der Waals surface area contributed by atoms with Crippen molar-refractivity contribution in [2.45, 2.75) is 30.6 Å². The van der Waals surface area contributed by atoms with Crippen LogP contribution in [0.3, 0.4) is 0 Å². The van der Waals surface area contributed by atoms with Gasteiger partial charge in [-0.25, -0.2) is 8.42 Å². The van der Waals surface area contributed by atoms with Gasteiger partial charge in [0.2, 0.25) is 10.0 Å². The van der Waals surface area contributed by atoms with Crippen LogP contribution in [0.4, 0.5) is 6.01 Å². The van der Waals surface area contributed by atoms with Crippen molar-refractivity contribution in [2.24, 2.45) is 0 Å². The van der Waals surface area contributed by atoms with Gasteiger partial charge in [0.05, 0.1) is 15.5 Å². The van der Waals surface area contributed by atoms with E-state index < -0.39 is 15.9 Å². The number of carbonyl (C=O) groups excluding carboxylic acids is 1. The van der Waals surface area contributed by atoms with Crippen LogP contribution in [-0.2, 0) is 10.0 Å². The fraction of sp³-hybridized carbons (Fsp3) is 0.286. The largest absolute Gasteiger partial charge is 0.403 e.